The fourth-order valence-corrected chi connectivity index (χ4v) is 1.71. The molecule has 2 rings (SSSR count). The number of aryl methyl sites for hydroxylation is 1. The molecule has 5 heteroatoms. The van der Waals surface area contributed by atoms with E-state index in [1.807, 2.05) is 0 Å². The Bertz CT molecular complexity index is 614. The van der Waals surface area contributed by atoms with E-state index in [2.05, 4.69) is 5.32 Å². The van der Waals surface area contributed by atoms with Gasteiger partial charge >= 0.3 is 0 Å². The minimum Gasteiger partial charge on any atom is -0.504 e. The van der Waals surface area contributed by atoms with Gasteiger partial charge in [0.2, 0.25) is 5.75 Å². The van der Waals surface area contributed by atoms with Crippen LogP contribution >= 0.6 is 0 Å². The highest BCUT2D eigenvalue weighted by Gasteiger charge is 2.10. The van der Waals surface area contributed by atoms with Gasteiger partial charge in [0.15, 0.2) is 11.5 Å². The lowest BCUT2D eigenvalue weighted by Gasteiger charge is -2.10. The summed E-state index contributed by atoms with van der Waals surface area (Å²) in [6.07, 6.45) is 0. The lowest BCUT2D eigenvalue weighted by atomic mass is 10.1. The summed E-state index contributed by atoms with van der Waals surface area (Å²) in [5.41, 5.74) is 1.64. The lowest BCUT2D eigenvalue weighted by Crippen LogP contribution is -2.00. The van der Waals surface area contributed by atoms with Crippen molar-refractivity contribution in [2.45, 2.75) is 13.5 Å². The largest absolute Gasteiger partial charge is 0.504 e. The van der Waals surface area contributed by atoms with E-state index < -0.39 is 5.75 Å². The predicted molar refractivity (Wildman–Crippen MR) is 69.9 cm³/mol. The van der Waals surface area contributed by atoms with Crippen LogP contribution < -0.4 is 5.32 Å². The maximum Gasteiger partial charge on any atom is 0.200 e. The highest BCUT2D eigenvalue weighted by Crippen LogP contribution is 2.37. The van der Waals surface area contributed by atoms with Crippen LogP contribution in [0.2, 0.25) is 0 Å². The van der Waals surface area contributed by atoms with Gasteiger partial charge in [-0.1, -0.05) is 0 Å². The maximum absolute atomic E-state index is 13.1. The van der Waals surface area contributed by atoms with E-state index >= 15 is 0 Å². The molecule has 2 aromatic carbocycles. The van der Waals surface area contributed by atoms with Crippen LogP contribution in [-0.2, 0) is 6.54 Å². The van der Waals surface area contributed by atoms with Gasteiger partial charge in [-0.25, -0.2) is 4.39 Å². The van der Waals surface area contributed by atoms with Crippen molar-refractivity contribution in [1.82, 2.24) is 0 Å². The van der Waals surface area contributed by atoms with E-state index in [1.54, 1.807) is 19.1 Å². The van der Waals surface area contributed by atoms with Crippen molar-refractivity contribution < 1.29 is 19.7 Å². The summed E-state index contributed by atoms with van der Waals surface area (Å²) < 4.78 is 13.1. The topological polar surface area (TPSA) is 72.7 Å². The fraction of sp³-hybridized carbons (Fsp3) is 0.143. The van der Waals surface area contributed by atoms with Crippen LogP contribution in [0.15, 0.2) is 30.3 Å². The van der Waals surface area contributed by atoms with Crippen LogP contribution in [0.4, 0.5) is 10.1 Å². The number of halogens is 1. The summed E-state index contributed by atoms with van der Waals surface area (Å²) in [6.45, 7) is 1.90. The molecule has 4 nitrogen and oxygen atoms in total. The van der Waals surface area contributed by atoms with Crippen LogP contribution in [-0.4, -0.2) is 15.3 Å². The third kappa shape index (κ3) is 2.70. The molecule has 100 valence electrons. The normalized spacial score (nSPS) is 10.4. The molecule has 0 atom stereocenters. The average molecular weight is 263 g/mol. The van der Waals surface area contributed by atoms with Gasteiger partial charge in [0.25, 0.3) is 0 Å². The van der Waals surface area contributed by atoms with E-state index in [1.165, 1.54) is 18.2 Å². The smallest absolute Gasteiger partial charge is 0.200 e. The molecule has 0 spiro atoms. The number of benzene rings is 2. The molecule has 0 unspecified atom stereocenters. The first-order valence-electron chi connectivity index (χ1n) is 5.72. The maximum atomic E-state index is 13.1. The first-order valence-corrected chi connectivity index (χ1v) is 5.72. The summed E-state index contributed by atoms with van der Waals surface area (Å²) in [6, 6.07) is 7.37. The van der Waals surface area contributed by atoms with Crippen LogP contribution in [0.3, 0.4) is 0 Å². The van der Waals surface area contributed by atoms with Crippen molar-refractivity contribution in [1.29, 1.82) is 0 Å². The van der Waals surface area contributed by atoms with E-state index in [9.17, 15) is 19.7 Å². The van der Waals surface area contributed by atoms with Gasteiger partial charge in [0.05, 0.1) is 0 Å². The first kappa shape index (κ1) is 13.0. The van der Waals surface area contributed by atoms with E-state index in [0.29, 0.717) is 16.8 Å². The molecule has 0 aliphatic heterocycles. The second-order valence-corrected chi connectivity index (χ2v) is 4.26. The summed E-state index contributed by atoms with van der Waals surface area (Å²) in [5, 5.41) is 31.2. The van der Waals surface area contributed by atoms with Gasteiger partial charge in [0, 0.05) is 17.8 Å². The van der Waals surface area contributed by atoms with Crippen LogP contribution in [0, 0.1) is 12.7 Å². The zero-order valence-electron chi connectivity index (χ0n) is 10.3. The third-order valence-electron chi connectivity index (χ3n) is 2.85. The molecule has 2 aromatic rings. The van der Waals surface area contributed by atoms with Crippen molar-refractivity contribution in [3.8, 4) is 17.2 Å². The van der Waals surface area contributed by atoms with Gasteiger partial charge in [-0.2, -0.15) is 0 Å². The summed E-state index contributed by atoms with van der Waals surface area (Å²) in [5.74, 6) is -1.57. The zero-order chi connectivity index (χ0) is 14.0. The number of phenolic OH excluding ortho intramolecular Hbond substituents is 3. The Morgan fingerprint density at radius 1 is 1.05 bits per heavy atom. The molecule has 0 saturated heterocycles. The Hall–Kier alpha value is -2.43. The lowest BCUT2D eigenvalue weighted by molar-refractivity contribution is 0.365. The monoisotopic (exact) mass is 263 g/mol. The number of hydrogen-bond acceptors (Lipinski definition) is 4. The summed E-state index contributed by atoms with van der Waals surface area (Å²) >= 11 is 0. The molecular weight excluding hydrogens is 249 g/mol. The highest BCUT2D eigenvalue weighted by molar-refractivity contribution is 5.54. The molecule has 0 radical (unpaired) electrons. The van der Waals surface area contributed by atoms with Crippen molar-refractivity contribution in [3.63, 3.8) is 0 Å². The number of aromatic hydroxyl groups is 3. The van der Waals surface area contributed by atoms with E-state index in [-0.39, 0.29) is 23.9 Å². The Morgan fingerprint density at radius 2 is 1.79 bits per heavy atom. The van der Waals surface area contributed by atoms with Crippen molar-refractivity contribution in [3.05, 3.63) is 47.3 Å². The minimum absolute atomic E-state index is 0.241. The molecule has 0 bridgehead atoms. The molecular formula is C14H14FNO3. The molecule has 0 heterocycles. The molecule has 0 saturated carbocycles. The van der Waals surface area contributed by atoms with Crippen LogP contribution in [0.1, 0.15) is 11.1 Å². The Balaban J connectivity index is 2.14. The molecule has 0 aliphatic carbocycles. The fourth-order valence-electron chi connectivity index (χ4n) is 1.71. The number of nitrogens with one attached hydrogen (secondary N) is 1. The Morgan fingerprint density at radius 3 is 2.47 bits per heavy atom. The number of hydrogen-bond donors (Lipinski definition) is 4. The molecule has 0 aliphatic rings. The van der Waals surface area contributed by atoms with Gasteiger partial charge in [-0.3, -0.25) is 0 Å². The standard InChI is InChI=1S/C14H14FNO3/c1-8-6-10(3-4-11(8)15)16-7-9-2-5-12(17)14(19)13(9)18/h2-6,16-19H,7H2,1H3. The molecule has 0 amide bonds. The van der Waals surface area contributed by atoms with Crippen molar-refractivity contribution in [2.24, 2.45) is 0 Å². The van der Waals surface area contributed by atoms with Gasteiger partial charge in [-0.05, 0) is 42.8 Å². The van der Waals surface area contributed by atoms with Gasteiger partial charge in [-0.15, -0.1) is 0 Å². The number of anilines is 1. The second-order valence-electron chi connectivity index (χ2n) is 4.26. The quantitative estimate of drug-likeness (QED) is 0.642. The second kappa shape index (κ2) is 5.06. The Labute approximate surface area is 109 Å². The summed E-state index contributed by atoms with van der Waals surface area (Å²) in [7, 11) is 0. The third-order valence-corrected chi connectivity index (χ3v) is 2.85. The van der Waals surface area contributed by atoms with Crippen molar-refractivity contribution >= 4 is 5.69 Å². The first-order chi connectivity index (χ1) is 8.99. The number of rotatable bonds is 3. The number of phenols is 3. The van der Waals surface area contributed by atoms with Gasteiger partial charge < -0.3 is 20.6 Å². The van der Waals surface area contributed by atoms with E-state index in [4.69, 9.17) is 0 Å². The predicted octanol–water partition coefficient (Wildman–Crippen LogP) is 2.86. The molecule has 4 N–H and O–H groups in total. The van der Waals surface area contributed by atoms with E-state index in [0.717, 1.165) is 0 Å². The summed E-state index contributed by atoms with van der Waals surface area (Å²) in [4.78, 5) is 0. The molecule has 0 aromatic heterocycles. The van der Waals surface area contributed by atoms with Crippen molar-refractivity contribution in [2.75, 3.05) is 5.32 Å². The van der Waals surface area contributed by atoms with Crippen LogP contribution in [0.25, 0.3) is 0 Å². The molecule has 0 fully saturated rings. The average Bonchev–Trinajstić information content (AvgIpc) is 2.39. The Kier molecular flexibility index (Phi) is 3.46. The zero-order valence-corrected chi connectivity index (χ0v) is 10.3. The SMILES string of the molecule is Cc1cc(NCc2ccc(O)c(O)c2O)ccc1F. The van der Waals surface area contributed by atoms with Crippen LogP contribution in [0.5, 0.6) is 17.2 Å². The van der Waals surface area contributed by atoms with Gasteiger partial charge in [0.1, 0.15) is 5.82 Å². The highest BCUT2D eigenvalue weighted by atomic mass is 19.1. The minimum atomic E-state index is -0.547. The molecule has 19 heavy (non-hydrogen) atoms.